The second-order valence-electron chi connectivity index (χ2n) is 4.94. The number of carbonyl (C=O) groups excluding carboxylic acids is 1. The third-order valence-electron chi connectivity index (χ3n) is 3.59. The lowest BCUT2D eigenvalue weighted by Crippen LogP contribution is -2.39. The van der Waals surface area contributed by atoms with Crippen LogP contribution in [0.25, 0.3) is 0 Å². The van der Waals surface area contributed by atoms with Gasteiger partial charge in [0.05, 0.1) is 0 Å². The Kier molecular flexibility index (Phi) is 3.43. The van der Waals surface area contributed by atoms with E-state index >= 15 is 0 Å². The summed E-state index contributed by atoms with van der Waals surface area (Å²) in [6.45, 7) is 2.71. The largest absolute Gasteiger partial charge is 0.301 e. The van der Waals surface area contributed by atoms with E-state index in [0.717, 1.165) is 23.2 Å². The minimum atomic E-state index is -0.270. The van der Waals surface area contributed by atoms with Gasteiger partial charge in [-0.1, -0.05) is 6.07 Å². The molecule has 2 atom stereocenters. The normalized spacial score (nSPS) is 21.9. The molecule has 1 N–H and O–H groups in total. The predicted molar refractivity (Wildman–Crippen MR) is 76.3 cm³/mol. The van der Waals surface area contributed by atoms with Crippen molar-refractivity contribution in [2.75, 3.05) is 11.6 Å². The Bertz CT molecular complexity index is 602. The summed E-state index contributed by atoms with van der Waals surface area (Å²) >= 11 is 0. The Hall–Kier alpha value is -2.27. The van der Waals surface area contributed by atoms with E-state index in [1.54, 1.807) is 12.4 Å². The molecule has 0 saturated carbocycles. The minimum Gasteiger partial charge on any atom is -0.301 e. The van der Waals surface area contributed by atoms with Gasteiger partial charge in [0.15, 0.2) is 0 Å². The van der Waals surface area contributed by atoms with Crippen LogP contribution < -0.4 is 10.4 Å². The fourth-order valence-electron chi connectivity index (χ4n) is 2.55. The van der Waals surface area contributed by atoms with Crippen molar-refractivity contribution < 1.29 is 4.79 Å². The van der Waals surface area contributed by atoms with Crippen LogP contribution >= 0.6 is 0 Å². The molecule has 0 aliphatic carbocycles. The lowest BCUT2D eigenvalue weighted by atomic mass is 9.95. The molecule has 102 valence electrons. The summed E-state index contributed by atoms with van der Waals surface area (Å²) in [6.07, 6.45) is 6.28. The number of nitrogens with one attached hydrogen (secondary N) is 1. The maximum atomic E-state index is 11.5. The van der Waals surface area contributed by atoms with Gasteiger partial charge < -0.3 is 4.79 Å². The van der Waals surface area contributed by atoms with Gasteiger partial charge in [-0.3, -0.25) is 9.99 Å². The van der Waals surface area contributed by atoms with E-state index in [-0.39, 0.29) is 12.0 Å². The number of pyridine rings is 2. The van der Waals surface area contributed by atoms with Gasteiger partial charge in [0.2, 0.25) is 0 Å². The molecule has 1 aliphatic heterocycles. The summed E-state index contributed by atoms with van der Waals surface area (Å²) in [5, 5.41) is 1.84. The lowest BCUT2D eigenvalue weighted by Gasteiger charge is -2.23. The second kappa shape index (κ2) is 5.38. The summed E-state index contributed by atoms with van der Waals surface area (Å²) in [5.41, 5.74) is 5.44. The van der Waals surface area contributed by atoms with Gasteiger partial charge in [-0.25, -0.2) is 10.4 Å². The molecule has 2 unspecified atom stereocenters. The topological polar surface area (TPSA) is 58.1 Å². The van der Waals surface area contributed by atoms with Crippen LogP contribution in [-0.2, 0) is 4.79 Å². The third kappa shape index (κ3) is 2.28. The Morgan fingerprint density at radius 1 is 1.40 bits per heavy atom. The van der Waals surface area contributed by atoms with Crippen LogP contribution in [0.1, 0.15) is 17.0 Å². The number of hydrazine groups is 1. The van der Waals surface area contributed by atoms with E-state index in [1.165, 1.54) is 0 Å². The average Bonchev–Trinajstić information content (AvgIpc) is 2.92. The molecular weight excluding hydrogens is 252 g/mol. The standard InChI is InChI=1S/C15H16N4O/c1-11-4-6-17-15(7-11)19-14(10-20)13(9-18-19)12-3-2-5-16-8-12/h2-8,10,13-14,18H,9H2,1H3. The third-order valence-corrected chi connectivity index (χ3v) is 3.59. The Morgan fingerprint density at radius 3 is 3.00 bits per heavy atom. The lowest BCUT2D eigenvalue weighted by molar-refractivity contribution is -0.109. The monoisotopic (exact) mass is 268 g/mol. The van der Waals surface area contributed by atoms with Crippen LogP contribution in [0.5, 0.6) is 0 Å². The van der Waals surface area contributed by atoms with E-state index in [0.29, 0.717) is 6.54 Å². The molecule has 3 heterocycles. The first-order valence-electron chi connectivity index (χ1n) is 6.60. The van der Waals surface area contributed by atoms with Gasteiger partial charge in [-0.15, -0.1) is 0 Å². The van der Waals surface area contributed by atoms with Crippen molar-refractivity contribution in [1.82, 2.24) is 15.4 Å². The highest BCUT2D eigenvalue weighted by atomic mass is 16.1. The summed E-state index contributed by atoms with van der Waals surface area (Å²) in [6, 6.07) is 7.53. The van der Waals surface area contributed by atoms with E-state index in [4.69, 9.17) is 0 Å². The van der Waals surface area contributed by atoms with Crippen molar-refractivity contribution in [2.24, 2.45) is 0 Å². The highest BCUT2D eigenvalue weighted by Crippen LogP contribution is 2.28. The van der Waals surface area contributed by atoms with Crippen LogP contribution in [-0.4, -0.2) is 28.8 Å². The van der Waals surface area contributed by atoms with Crippen molar-refractivity contribution in [3.8, 4) is 0 Å². The Morgan fingerprint density at radius 2 is 2.30 bits per heavy atom. The molecule has 2 aromatic rings. The average molecular weight is 268 g/mol. The van der Waals surface area contributed by atoms with Gasteiger partial charge in [0, 0.05) is 31.1 Å². The molecule has 1 fully saturated rings. The number of nitrogens with zero attached hydrogens (tertiary/aromatic N) is 3. The molecule has 3 rings (SSSR count). The number of carbonyl (C=O) groups is 1. The number of hydrogen-bond acceptors (Lipinski definition) is 5. The van der Waals surface area contributed by atoms with E-state index in [1.807, 2.05) is 42.4 Å². The molecule has 0 radical (unpaired) electrons. The van der Waals surface area contributed by atoms with Crippen molar-refractivity contribution in [3.63, 3.8) is 0 Å². The molecule has 5 heteroatoms. The first-order chi connectivity index (χ1) is 9.79. The summed E-state index contributed by atoms with van der Waals surface area (Å²) < 4.78 is 0. The van der Waals surface area contributed by atoms with Gasteiger partial charge >= 0.3 is 0 Å². The molecule has 0 aromatic carbocycles. The van der Waals surface area contributed by atoms with Gasteiger partial charge in [0.1, 0.15) is 18.1 Å². The summed E-state index contributed by atoms with van der Waals surface area (Å²) in [5.74, 6) is 0.858. The highest BCUT2D eigenvalue weighted by Gasteiger charge is 2.35. The quantitative estimate of drug-likeness (QED) is 0.854. The summed E-state index contributed by atoms with van der Waals surface area (Å²) in [4.78, 5) is 20.0. The number of rotatable bonds is 3. The molecule has 0 bridgehead atoms. The molecule has 5 nitrogen and oxygen atoms in total. The van der Waals surface area contributed by atoms with E-state index < -0.39 is 0 Å². The smallest absolute Gasteiger partial charge is 0.144 e. The van der Waals surface area contributed by atoms with Crippen molar-refractivity contribution in [1.29, 1.82) is 0 Å². The zero-order valence-corrected chi connectivity index (χ0v) is 11.2. The maximum Gasteiger partial charge on any atom is 0.144 e. The summed E-state index contributed by atoms with van der Waals surface area (Å²) in [7, 11) is 0. The van der Waals surface area contributed by atoms with Gasteiger partial charge in [-0.2, -0.15) is 0 Å². The number of anilines is 1. The SMILES string of the molecule is Cc1ccnc(N2NCC(c3cccnc3)C2C=O)c1. The molecule has 20 heavy (non-hydrogen) atoms. The van der Waals surface area contributed by atoms with Crippen LogP contribution in [0, 0.1) is 6.92 Å². The van der Waals surface area contributed by atoms with Gasteiger partial charge in [-0.05, 0) is 36.2 Å². The Balaban J connectivity index is 1.90. The predicted octanol–water partition coefficient (Wildman–Crippen LogP) is 1.46. The second-order valence-corrected chi connectivity index (χ2v) is 4.94. The maximum absolute atomic E-state index is 11.5. The fraction of sp³-hybridized carbons (Fsp3) is 0.267. The highest BCUT2D eigenvalue weighted by molar-refractivity contribution is 5.68. The molecule has 0 spiro atoms. The van der Waals surface area contributed by atoms with Crippen molar-refractivity contribution in [2.45, 2.75) is 18.9 Å². The molecule has 0 amide bonds. The van der Waals surface area contributed by atoms with E-state index in [9.17, 15) is 4.79 Å². The molecule has 2 aromatic heterocycles. The number of aldehydes is 1. The van der Waals surface area contributed by atoms with Crippen LogP contribution in [0.15, 0.2) is 42.9 Å². The van der Waals surface area contributed by atoms with Crippen LogP contribution in [0.4, 0.5) is 5.82 Å². The Labute approximate surface area is 117 Å². The number of aryl methyl sites for hydroxylation is 1. The zero-order chi connectivity index (χ0) is 13.9. The minimum absolute atomic E-state index is 0.0866. The first-order valence-corrected chi connectivity index (χ1v) is 6.60. The number of hydrogen-bond donors (Lipinski definition) is 1. The molecular formula is C15H16N4O. The van der Waals surface area contributed by atoms with Crippen molar-refractivity contribution >= 4 is 12.1 Å². The molecule has 1 saturated heterocycles. The van der Waals surface area contributed by atoms with Crippen LogP contribution in [0.3, 0.4) is 0 Å². The number of aromatic nitrogens is 2. The first kappa shape index (κ1) is 12.7. The fourth-order valence-corrected chi connectivity index (χ4v) is 2.55. The molecule has 1 aliphatic rings. The van der Waals surface area contributed by atoms with Crippen LogP contribution in [0.2, 0.25) is 0 Å². The van der Waals surface area contributed by atoms with E-state index in [2.05, 4.69) is 15.4 Å². The van der Waals surface area contributed by atoms with Gasteiger partial charge in [0.25, 0.3) is 0 Å². The van der Waals surface area contributed by atoms with Crippen molar-refractivity contribution in [3.05, 3.63) is 54.0 Å². The zero-order valence-electron chi connectivity index (χ0n) is 11.2.